The molecule has 0 atom stereocenters. The topological polar surface area (TPSA) is 71.0 Å². The zero-order valence-electron chi connectivity index (χ0n) is 11.9. The molecular weight excluding hydrogens is 286 g/mol. The van der Waals surface area contributed by atoms with Gasteiger partial charge in [0, 0.05) is 12.7 Å². The number of aromatic nitrogens is 2. The third-order valence-corrected chi connectivity index (χ3v) is 3.05. The Balaban J connectivity index is 1.88. The van der Waals surface area contributed by atoms with Gasteiger partial charge in [-0.2, -0.15) is 5.10 Å². The van der Waals surface area contributed by atoms with Gasteiger partial charge in [0.1, 0.15) is 5.69 Å². The van der Waals surface area contributed by atoms with Crippen LogP contribution in [0.1, 0.15) is 23.1 Å². The Morgan fingerprint density at radius 3 is 2.62 bits per heavy atom. The highest BCUT2D eigenvalue weighted by atomic mass is 32.1. The second-order valence-electron chi connectivity index (χ2n) is 4.40. The number of aryl methyl sites for hydroxylation is 2. The van der Waals surface area contributed by atoms with E-state index in [1.807, 2.05) is 37.3 Å². The third kappa shape index (κ3) is 4.03. The number of carbonyl (C=O) groups excluding carboxylic acids is 1. The van der Waals surface area contributed by atoms with Crippen LogP contribution >= 0.6 is 12.2 Å². The number of carbonyl (C=O) groups is 1. The van der Waals surface area contributed by atoms with Gasteiger partial charge in [-0.1, -0.05) is 25.1 Å². The maximum Gasteiger partial charge on any atom is 0.287 e. The number of hydrogen-bond acceptors (Lipinski definition) is 3. The fourth-order valence-corrected chi connectivity index (χ4v) is 1.94. The van der Waals surface area contributed by atoms with Crippen molar-refractivity contribution in [2.75, 3.05) is 5.32 Å². The second kappa shape index (κ2) is 6.85. The molecule has 1 heterocycles. The van der Waals surface area contributed by atoms with Crippen LogP contribution < -0.4 is 16.2 Å². The van der Waals surface area contributed by atoms with Crippen LogP contribution in [-0.2, 0) is 13.5 Å². The molecule has 2 aromatic rings. The molecule has 2 rings (SSSR count). The Kier molecular flexibility index (Phi) is 4.89. The molecule has 0 saturated heterocycles. The first kappa shape index (κ1) is 15.0. The molecular formula is C14H17N5OS. The lowest BCUT2D eigenvalue weighted by molar-refractivity contribution is 0.0934. The number of para-hydroxylation sites is 1. The summed E-state index contributed by atoms with van der Waals surface area (Å²) in [5.41, 5.74) is 7.39. The van der Waals surface area contributed by atoms with Gasteiger partial charge in [0.15, 0.2) is 5.11 Å². The van der Waals surface area contributed by atoms with Crippen LogP contribution in [0.4, 0.5) is 5.69 Å². The number of rotatable bonds is 3. The van der Waals surface area contributed by atoms with Gasteiger partial charge in [-0.3, -0.25) is 20.3 Å². The molecule has 0 saturated carbocycles. The first-order chi connectivity index (χ1) is 10.1. The molecule has 0 bridgehead atoms. The molecule has 110 valence electrons. The molecule has 7 heteroatoms. The summed E-state index contributed by atoms with van der Waals surface area (Å²) >= 11 is 5.11. The lowest BCUT2D eigenvalue weighted by Crippen LogP contribution is -2.44. The van der Waals surface area contributed by atoms with E-state index in [-0.39, 0.29) is 5.91 Å². The van der Waals surface area contributed by atoms with Crippen molar-refractivity contribution < 1.29 is 4.79 Å². The molecule has 0 aliphatic carbocycles. The fraction of sp³-hybridized carbons (Fsp3) is 0.214. The summed E-state index contributed by atoms with van der Waals surface area (Å²) in [6.45, 7) is 1.99. The smallest absolute Gasteiger partial charge is 0.287 e. The van der Waals surface area contributed by atoms with Crippen LogP contribution in [0, 0.1) is 0 Å². The first-order valence-electron chi connectivity index (χ1n) is 6.55. The van der Waals surface area contributed by atoms with E-state index in [1.54, 1.807) is 17.8 Å². The molecule has 1 aromatic heterocycles. The number of nitrogens with one attached hydrogen (secondary N) is 3. The van der Waals surface area contributed by atoms with E-state index in [0.717, 1.165) is 17.8 Å². The standard InChI is InChI=1S/C14H17N5OS/c1-3-10-9-12(19(2)18-10)13(20)16-17-14(21)15-11-7-5-4-6-8-11/h4-9H,3H2,1-2H3,(H,16,20)(H2,15,17,21). The second-order valence-corrected chi connectivity index (χ2v) is 4.81. The molecule has 0 aliphatic rings. The zero-order valence-corrected chi connectivity index (χ0v) is 12.7. The number of benzene rings is 1. The maximum absolute atomic E-state index is 12.0. The molecule has 0 radical (unpaired) electrons. The number of amides is 1. The molecule has 3 N–H and O–H groups in total. The minimum atomic E-state index is -0.290. The lowest BCUT2D eigenvalue weighted by atomic mass is 10.3. The quantitative estimate of drug-likeness (QED) is 0.594. The number of hydrazine groups is 1. The predicted octanol–water partition coefficient (Wildman–Crippen LogP) is 1.61. The molecule has 1 aromatic carbocycles. The molecule has 0 unspecified atom stereocenters. The largest absolute Gasteiger partial charge is 0.331 e. The van der Waals surface area contributed by atoms with Gasteiger partial charge in [-0.25, -0.2) is 0 Å². The predicted molar refractivity (Wildman–Crippen MR) is 85.9 cm³/mol. The fourth-order valence-electron chi connectivity index (χ4n) is 1.77. The van der Waals surface area contributed by atoms with E-state index >= 15 is 0 Å². The average molecular weight is 303 g/mol. The maximum atomic E-state index is 12.0. The summed E-state index contributed by atoms with van der Waals surface area (Å²) in [6.07, 6.45) is 0.780. The SMILES string of the molecule is CCc1cc(C(=O)NNC(=S)Nc2ccccc2)n(C)n1. The lowest BCUT2D eigenvalue weighted by Gasteiger charge is -2.11. The van der Waals surface area contributed by atoms with Crippen LogP contribution in [0.15, 0.2) is 36.4 Å². The molecule has 21 heavy (non-hydrogen) atoms. The molecule has 0 aliphatic heterocycles. The summed E-state index contributed by atoms with van der Waals surface area (Å²) in [6, 6.07) is 11.2. The summed E-state index contributed by atoms with van der Waals surface area (Å²) < 4.78 is 1.55. The van der Waals surface area contributed by atoms with Crippen LogP contribution in [0.5, 0.6) is 0 Å². The summed E-state index contributed by atoms with van der Waals surface area (Å²) in [7, 11) is 1.73. The van der Waals surface area contributed by atoms with Crippen molar-refractivity contribution in [3.8, 4) is 0 Å². The number of anilines is 1. The summed E-state index contributed by atoms with van der Waals surface area (Å²) in [4.78, 5) is 12.0. The van der Waals surface area contributed by atoms with Gasteiger partial charge in [0.2, 0.25) is 0 Å². The van der Waals surface area contributed by atoms with E-state index < -0.39 is 0 Å². The van der Waals surface area contributed by atoms with Crippen molar-refractivity contribution in [1.82, 2.24) is 20.6 Å². The van der Waals surface area contributed by atoms with Gasteiger partial charge in [0.25, 0.3) is 5.91 Å². The Morgan fingerprint density at radius 1 is 1.29 bits per heavy atom. The minimum absolute atomic E-state index is 0.290. The van der Waals surface area contributed by atoms with E-state index in [1.165, 1.54) is 0 Å². The Hall–Kier alpha value is -2.41. The van der Waals surface area contributed by atoms with E-state index in [0.29, 0.717) is 10.8 Å². The van der Waals surface area contributed by atoms with Crippen LogP contribution in [0.3, 0.4) is 0 Å². The highest BCUT2D eigenvalue weighted by molar-refractivity contribution is 7.80. The van der Waals surface area contributed by atoms with Crippen LogP contribution in [0.25, 0.3) is 0 Å². The highest BCUT2D eigenvalue weighted by Crippen LogP contribution is 2.05. The first-order valence-corrected chi connectivity index (χ1v) is 6.96. The van der Waals surface area contributed by atoms with Gasteiger partial charge in [0.05, 0.1) is 5.69 Å². The Labute approximate surface area is 128 Å². The number of hydrogen-bond donors (Lipinski definition) is 3. The molecule has 6 nitrogen and oxygen atoms in total. The molecule has 1 amide bonds. The van der Waals surface area contributed by atoms with Crippen LogP contribution in [0.2, 0.25) is 0 Å². The number of thiocarbonyl (C=S) groups is 1. The van der Waals surface area contributed by atoms with Gasteiger partial charge in [-0.15, -0.1) is 0 Å². The van der Waals surface area contributed by atoms with Crippen molar-refractivity contribution >= 4 is 28.9 Å². The van der Waals surface area contributed by atoms with Crippen molar-refractivity contribution in [2.45, 2.75) is 13.3 Å². The molecule has 0 fully saturated rings. The summed E-state index contributed by atoms with van der Waals surface area (Å²) in [5, 5.41) is 7.50. The van der Waals surface area contributed by atoms with Gasteiger partial charge in [-0.05, 0) is 36.8 Å². The van der Waals surface area contributed by atoms with E-state index in [9.17, 15) is 4.79 Å². The average Bonchev–Trinajstić information content (AvgIpc) is 2.87. The highest BCUT2D eigenvalue weighted by Gasteiger charge is 2.12. The van der Waals surface area contributed by atoms with Crippen molar-refractivity contribution in [2.24, 2.45) is 7.05 Å². The normalized spacial score (nSPS) is 10.0. The Bertz CT molecular complexity index is 638. The van der Waals surface area contributed by atoms with Crippen molar-refractivity contribution in [3.63, 3.8) is 0 Å². The minimum Gasteiger partial charge on any atom is -0.331 e. The van der Waals surface area contributed by atoms with Crippen LogP contribution in [-0.4, -0.2) is 20.8 Å². The van der Waals surface area contributed by atoms with Gasteiger partial charge < -0.3 is 5.32 Å². The van der Waals surface area contributed by atoms with Crippen molar-refractivity contribution in [1.29, 1.82) is 0 Å². The molecule has 0 spiro atoms. The summed E-state index contributed by atoms with van der Waals surface area (Å²) in [5.74, 6) is -0.290. The van der Waals surface area contributed by atoms with Gasteiger partial charge >= 0.3 is 0 Å². The Morgan fingerprint density at radius 2 is 2.00 bits per heavy atom. The van der Waals surface area contributed by atoms with E-state index in [4.69, 9.17) is 12.2 Å². The third-order valence-electron chi connectivity index (χ3n) is 2.85. The zero-order chi connectivity index (χ0) is 15.2. The monoisotopic (exact) mass is 303 g/mol. The number of nitrogens with zero attached hydrogens (tertiary/aromatic N) is 2. The van der Waals surface area contributed by atoms with E-state index in [2.05, 4.69) is 21.3 Å². The van der Waals surface area contributed by atoms with Crippen molar-refractivity contribution in [3.05, 3.63) is 47.8 Å².